The Morgan fingerprint density at radius 2 is 1.76 bits per heavy atom. The molecule has 11 heteroatoms. The van der Waals surface area contributed by atoms with Gasteiger partial charge in [0, 0.05) is 11.2 Å². The number of rotatable bonds is 5. The first kappa shape index (κ1) is 23.5. The van der Waals surface area contributed by atoms with Gasteiger partial charge < -0.3 is 25.3 Å². The van der Waals surface area contributed by atoms with Gasteiger partial charge in [-0.25, -0.2) is 14.0 Å². The molecule has 0 aromatic heterocycles. The van der Waals surface area contributed by atoms with Gasteiger partial charge in [-0.1, -0.05) is 30.3 Å². The minimum absolute atomic E-state index is 0.114. The van der Waals surface area contributed by atoms with Crippen molar-refractivity contribution in [1.29, 1.82) is 5.26 Å². The van der Waals surface area contributed by atoms with Crippen LogP contribution in [0.1, 0.15) is 11.5 Å². The molecule has 3 rings (SSSR count). The van der Waals surface area contributed by atoms with Crippen LogP contribution >= 0.6 is 0 Å². The zero-order valence-corrected chi connectivity index (χ0v) is 17.7. The van der Waals surface area contributed by atoms with Crippen molar-refractivity contribution in [2.45, 2.75) is 5.92 Å². The topological polar surface area (TPSA) is 146 Å². The molecule has 1 aliphatic heterocycles. The fraction of sp³-hybridized carbons (Fsp3) is 0.136. The molecule has 1 unspecified atom stereocenters. The average Bonchev–Trinajstić information content (AvgIpc) is 2.82. The van der Waals surface area contributed by atoms with Gasteiger partial charge in [-0.15, -0.1) is 0 Å². The van der Waals surface area contributed by atoms with Crippen LogP contribution in [-0.2, 0) is 19.1 Å². The summed E-state index contributed by atoms with van der Waals surface area (Å²) in [7, 11) is 0.0124. The molecule has 1 atom stereocenters. The maximum atomic E-state index is 13.9. The van der Waals surface area contributed by atoms with Gasteiger partial charge in [-0.3, -0.25) is 4.90 Å². The van der Waals surface area contributed by atoms with Crippen LogP contribution in [0.5, 0.6) is 0 Å². The molecule has 0 spiro atoms. The number of carbonyl (C=O) groups excluding carboxylic acids is 2. The predicted octanol–water partition coefficient (Wildman–Crippen LogP) is 0.403. The first-order chi connectivity index (χ1) is 15.8. The van der Waals surface area contributed by atoms with Crippen LogP contribution in [0.2, 0.25) is 0 Å². The lowest BCUT2D eigenvalue weighted by molar-refractivity contribution is -0.139. The highest BCUT2D eigenvalue weighted by Gasteiger charge is 2.43. The van der Waals surface area contributed by atoms with Crippen molar-refractivity contribution in [3.8, 4) is 6.07 Å². The second-order valence-corrected chi connectivity index (χ2v) is 6.91. The minimum Gasteiger partial charge on any atom is -0.466 e. The SMILES string of the molecule is COC(=O)C1=C(C(=O)OC)N(c2ccc(F)cc2B(O)O)C(N)=C(C#N)C1c1ccccc1. The van der Waals surface area contributed by atoms with Gasteiger partial charge in [0.1, 0.15) is 17.3 Å². The quantitative estimate of drug-likeness (QED) is 0.434. The lowest BCUT2D eigenvalue weighted by atomic mass is 9.77. The number of nitrogens with zero attached hydrogens (tertiary/aromatic N) is 2. The molecular formula is C22H19BFN3O6. The van der Waals surface area contributed by atoms with E-state index in [0.29, 0.717) is 5.56 Å². The Kier molecular flexibility index (Phi) is 6.82. The van der Waals surface area contributed by atoms with Gasteiger partial charge in [-0.2, -0.15) is 5.26 Å². The molecule has 2 aromatic carbocycles. The highest BCUT2D eigenvalue weighted by molar-refractivity contribution is 6.60. The third-order valence-electron chi connectivity index (χ3n) is 5.12. The molecule has 4 N–H and O–H groups in total. The maximum Gasteiger partial charge on any atom is 0.490 e. The monoisotopic (exact) mass is 451 g/mol. The first-order valence-electron chi connectivity index (χ1n) is 9.57. The van der Waals surface area contributed by atoms with Crippen molar-refractivity contribution >= 4 is 30.2 Å². The number of nitrogens with two attached hydrogens (primary N) is 1. The van der Waals surface area contributed by atoms with Gasteiger partial charge in [0.2, 0.25) is 0 Å². The molecule has 0 fully saturated rings. The van der Waals surface area contributed by atoms with Crippen LogP contribution in [0.3, 0.4) is 0 Å². The number of halogens is 1. The number of hydrogen-bond donors (Lipinski definition) is 3. The summed E-state index contributed by atoms with van der Waals surface area (Å²) >= 11 is 0. The minimum atomic E-state index is -2.17. The van der Waals surface area contributed by atoms with Crippen LogP contribution in [0, 0.1) is 17.1 Å². The lowest BCUT2D eigenvalue weighted by Gasteiger charge is -2.36. The number of allylic oxidation sites excluding steroid dienone is 1. The van der Waals surface area contributed by atoms with Gasteiger partial charge in [0.05, 0.1) is 37.4 Å². The van der Waals surface area contributed by atoms with Gasteiger partial charge in [0.25, 0.3) is 0 Å². The van der Waals surface area contributed by atoms with Crippen molar-refractivity contribution < 1.29 is 33.5 Å². The molecule has 0 aliphatic carbocycles. The van der Waals surface area contributed by atoms with Crippen LogP contribution in [0.15, 0.2) is 71.2 Å². The summed E-state index contributed by atoms with van der Waals surface area (Å²) in [6.45, 7) is 0. The summed E-state index contributed by atoms with van der Waals surface area (Å²) in [4.78, 5) is 26.9. The third kappa shape index (κ3) is 4.17. The number of benzene rings is 2. The summed E-state index contributed by atoms with van der Waals surface area (Å²) < 4.78 is 23.7. The van der Waals surface area contributed by atoms with Crippen LogP contribution in [-0.4, -0.2) is 43.3 Å². The maximum absolute atomic E-state index is 13.9. The summed E-state index contributed by atoms with van der Waals surface area (Å²) in [6, 6.07) is 13.3. The number of hydrogen-bond acceptors (Lipinski definition) is 9. The second kappa shape index (κ2) is 9.56. The molecule has 33 heavy (non-hydrogen) atoms. The Labute approximate surface area is 188 Å². The molecule has 1 heterocycles. The van der Waals surface area contributed by atoms with E-state index in [1.807, 2.05) is 6.07 Å². The van der Waals surface area contributed by atoms with Crippen LogP contribution < -0.4 is 16.1 Å². The molecule has 0 bridgehead atoms. The van der Waals surface area contributed by atoms with E-state index in [-0.39, 0.29) is 28.1 Å². The first-order valence-corrected chi connectivity index (χ1v) is 9.57. The van der Waals surface area contributed by atoms with E-state index >= 15 is 0 Å². The summed E-state index contributed by atoms with van der Waals surface area (Å²) in [6.07, 6.45) is 0. The Morgan fingerprint density at radius 3 is 2.30 bits per heavy atom. The second-order valence-electron chi connectivity index (χ2n) is 6.91. The largest absolute Gasteiger partial charge is 0.490 e. The highest BCUT2D eigenvalue weighted by atomic mass is 19.1. The van der Waals surface area contributed by atoms with E-state index in [1.165, 1.54) is 0 Å². The van der Waals surface area contributed by atoms with Gasteiger partial charge >= 0.3 is 19.1 Å². The van der Waals surface area contributed by atoms with E-state index in [9.17, 15) is 29.3 Å². The van der Waals surface area contributed by atoms with E-state index in [2.05, 4.69) is 0 Å². The lowest BCUT2D eigenvalue weighted by Crippen LogP contribution is -2.44. The number of nitriles is 1. The molecule has 9 nitrogen and oxygen atoms in total. The van der Waals surface area contributed by atoms with E-state index in [1.54, 1.807) is 30.3 Å². The Bertz CT molecular complexity index is 1210. The van der Waals surface area contributed by atoms with Crippen molar-refractivity contribution in [3.05, 3.63) is 82.6 Å². The summed E-state index contributed by atoms with van der Waals surface area (Å²) in [5.41, 5.74) is 5.49. The Morgan fingerprint density at radius 1 is 1.12 bits per heavy atom. The predicted molar refractivity (Wildman–Crippen MR) is 116 cm³/mol. The van der Waals surface area contributed by atoms with Crippen LogP contribution in [0.4, 0.5) is 10.1 Å². The average molecular weight is 451 g/mol. The van der Waals surface area contributed by atoms with E-state index in [4.69, 9.17) is 15.2 Å². The van der Waals surface area contributed by atoms with Crippen molar-refractivity contribution in [2.75, 3.05) is 19.1 Å². The highest BCUT2D eigenvalue weighted by Crippen LogP contribution is 2.42. The zero-order valence-electron chi connectivity index (χ0n) is 17.7. The number of methoxy groups -OCH3 is 2. The summed E-state index contributed by atoms with van der Waals surface area (Å²) in [5, 5.41) is 29.6. The number of ether oxygens (including phenoxy) is 2. The molecule has 1 aliphatic rings. The number of esters is 2. The Hall–Kier alpha value is -4.14. The van der Waals surface area contributed by atoms with E-state index < -0.39 is 36.5 Å². The molecule has 2 aromatic rings. The molecule has 0 saturated carbocycles. The van der Waals surface area contributed by atoms with Crippen molar-refractivity contribution in [3.63, 3.8) is 0 Å². The zero-order chi connectivity index (χ0) is 24.3. The van der Waals surface area contributed by atoms with Crippen molar-refractivity contribution in [2.24, 2.45) is 5.73 Å². The normalized spacial score (nSPS) is 15.8. The number of anilines is 1. The van der Waals surface area contributed by atoms with Crippen molar-refractivity contribution in [1.82, 2.24) is 0 Å². The molecule has 0 radical (unpaired) electrons. The van der Waals surface area contributed by atoms with Gasteiger partial charge in [0.15, 0.2) is 0 Å². The van der Waals surface area contributed by atoms with Gasteiger partial charge in [-0.05, 0) is 23.8 Å². The molecular weight excluding hydrogens is 432 g/mol. The molecule has 168 valence electrons. The Balaban J connectivity index is 2.46. The molecule has 0 saturated heterocycles. The standard InChI is InChI=1S/C22H19BFN3O6/c1-32-21(28)18-17(12-6-4-3-5-7-12)14(11-25)20(26)27(19(18)22(29)33-2)16-9-8-13(24)10-15(16)23(30)31/h3-10,17,30-31H,26H2,1-2H3. The fourth-order valence-electron chi connectivity index (χ4n) is 3.70. The smallest absolute Gasteiger partial charge is 0.466 e. The van der Waals surface area contributed by atoms with E-state index in [0.717, 1.165) is 37.3 Å². The summed E-state index contributed by atoms with van der Waals surface area (Å²) in [5.74, 6) is -4.12. The number of carbonyl (C=O) groups is 2. The molecule has 0 amide bonds. The fourth-order valence-corrected chi connectivity index (χ4v) is 3.70. The van der Waals surface area contributed by atoms with Crippen LogP contribution in [0.25, 0.3) is 0 Å². The third-order valence-corrected chi connectivity index (χ3v) is 5.12.